The van der Waals surface area contributed by atoms with Crippen molar-refractivity contribution in [1.82, 2.24) is 4.98 Å². The Bertz CT molecular complexity index is 547. The minimum absolute atomic E-state index is 0.594. The highest BCUT2D eigenvalue weighted by atomic mass is 35.5. The van der Waals surface area contributed by atoms with E-state index in [0.717, 1.165) is 16.2 Å². The van der Waals surface area contributed by atoms with Gasteiger partial charge in [0.1, 0.15) is 5.82 Å². The van der Waals surface area contributed by atoms with E-state index in [0.29, 0.717) is 6.04 Å². The van der Waals surface area contributed by atoms with E-state index in [1.807, 2.05) is 24.4 Å². The standard InChI is InChI=1S/C15H17ClN2/c16-13-7-6-11-9-15(17-10-12(11)8-13)18-14-4-2-1-3-5-14/h6-10,14H,1-5H2,(H,17,18). The number of anilines is 1. The van der Waals surface area contributed by atoms with Gasteiger partial charge in [0.25, 0.3) is 0 Å². The first-order valence-corrected chi connectivity index (χ1v) is 7.01. The van der Waals surface area contributed by atoms with Crippen LogP contribution in [0.1, 0.15) is 32.1 Å². The number of hydrogen-bond donors (Lipinski definition) is 1. The van der Waals surface area contributed by atoms with E-state index in [9.17, 15) is 0 Å². The number of rotatable bonds is 2. The van der Waals surface area contributed by atoms with Gasteiger partial charge in [0.05, 0.1) is 0 Å². The largest absolute Gasteiger partial charge is 0.367 e. The number of fused-ring (bicyclic) bond motifs is 1. The minimum Gasteiger partial charge on any atom is -0.367 e. The summed E-state index contributed by atoms with van der Waals surface area (Å²) in [5.74, 6) is 0.983. The van der Waals surface area contributed by atoms with E-state index in [-0.39, 0.29) is 0 Å². The molecule has 1 aliphatic carbocycles. The normalized spacial score (nSPS) is 16.9. The highest BCUT2D eigenvalue weighted by Gasteiger charge is 2.13. The Balaban J connectivity index is 1.82. The van der Waals surface area contributed by atoms with E-state index >= 15 is 0 Å². The summed E-state index contributed by atoms with van der Waals surface area (Å²) in [6.45, 7) is 0. The van der Waals surface area contributed by atoms with Crippen LogP contribution in [0.2, 0.25) is 5.02 Å². The molecule has 2 aromatic rings. The van der Waals surface area contributed by atoms with Crippen LogP contribution in [0.25, 0.3) is 10.8 Å². The van der Waals surface area contributed by atoms with Gasteiger partial charge in [-0.15, -0.1) is 0 Å². The fourth-order valence-electron chi connectivity index (χ4n) is 2.65. The number of halogens is 1. The second-order valence-corrected chi connectivity index (χ2v) is 5.48. The Kier molecular flexibility index (Phi) is 3.37. The summed E-state index contributed by atoms with van der Waals surface area (Å²) in [6.07, 6.45) is 8.47. The SMILES string of the molecule is Clc1ccc2cc(NC3CCCCC3)ncc2c1. The number of nitrogens with zero attached hydrogens (tertiary/aromatic N) is 1. The smallest absolute Gasteiger partial charge is 0.126 e. The van der Waals surface area contributed by atoms with Crippen molar-refractivity contribution in [2.45, 2.75) is 38.1 Å². The molecule has 1 fully saturated rings. The number of nitrogens with one attached hydrogen (secondary N) is 1. The van der Waals surface area contributed by atoms with Crippen molar-refractivity contribution < 1.29 is 0 Å². The topological polar surface area (TPSA) is 24.9 Å². The Hall–Kier alpha value is -1.28. The minimum atomic E-state index is 0.594. The van der Waals surface area contributed by atoms with Crippen molar-refractivity contribution in [2.24, 2.45) is 0 Å². The van der Waals surface area contributed by atoms with Crippen LogP contribution in [-0.2, 0) is 0 Å². The van der Waals surface area contributed by atoms with Gasteiger partial charge in [-0.05, 0) is 36.4 Å². The molecule has 1 N–H and O–H groups in total. The predicted molar refractivity (Wildman–Crippen MR) is 77.2 cm³/mol. The molecule has 0 amide bonds. The Morgan fingerprint density at radius 3 is 2.72 bits per heavy atom. The summed E-state index contributed by atoms with van der Waals surface area (Å²) in [6, 6.07) is 8.63. The molecule has 0 saturated heterocycles. The van der Waals surface area contributed by atoms with Crippen LogP contribution in [-0.4, -0.2) is 11.0 Å². The third kappa shape index (κ3) is 2.59. The van der Waals surface area contributed by atoms with Crippen LogP contribution >= 0.6 is 11.6 Å². The monoisotopic (exact) mass is 260 g/mol. The van der Waals surface area contributed by atoms with Crippen LogP contribution in [0.4, 0.5) is 5.82 Å². The third-order valence-corrected chi connectivity index (χ3v) is 3.88. The van der Waals surface area contributed by atoms with Crippen LogP contribution in [0.15, 0.2) is 30.5 Å². The van der Waals surface area contributed by atoms with Crippen LogP contribution < -0.4 is 5.32 Å². The maximum Gasteiger partial charge on any atom is 0.126 e. The molecule has 1 saturated carbocycles. The maximum atomic E-state index is 5.97. The summed E-state index contributed by atoms with van der Waals surface area (Å²) in [7, 11) is 0. The molecule has 1 aromatic heterocycles. The Morgan fingerprint density at radius 2 is 1.89 bits per heavy atom. The third-order valence-electron chi connectivity index (χ3n) is 3.64. The van der Waals surface area contributed by atoms with Crippen LogP contribution in [0, 0.1) is 0 Å². The molecule has 1 aromatic carbocycles. The highest BCUT2D eigenvalue weighted by Crippen LogP contribution is 2.24. The number of benzene rings is 1. The van der Waals surface area contributed by atoms with Gasteiger partial charge < -0.3 is 5.32 Å². The van der Waals surface area contributed by atoms with Crippen molar-refractivity contribution in [3.8, 4) is 0 Å². The maximum absolute atomic E-state index is 5.97. The van der Waals surface area contributed by atoms with Crippen molar-refractivity contribution in [3.63, 3.8) is 0 Å². The van der Waals surface area contributed by atoms with Gasteiger partial charge in [0, 0.05) is 22.6 Å². The molecule has 0 spiro atoms. The second kappa shape index (κ2) is 5.15. The fourth-order valence-corrected chi connectivity index (χ4v) is 2.83. The van der Waals surface area contributed by atoms with Crippen molar-refractivity contribution >= 4 is 28.2 Å². The van der Waals surface area contributed by atoms with Crippen LogP contribution in [0.5, 0.6) is 0 Å². The molecule has 94 valence electrons. The quantitative estimate of drug-likeness (QED) is 0.851. The summed E-state index contributed by atoms with van der Waals surface area (Å²) >= 11 is 5.97. The first-order chi connectivity index (χ1) is 8.81. The lowest BCUT2D eigenvalue weighted by molar-refractivity contribution is 0.462. The van der Waals surface area contributed by atoms with Gasteiger partial charge >= 0.3 is 0 Å². The van der Waals surface area contributed by atoms with E-state index < -0.39 is 0 Å². The van der Waals surface area contributed by atoms with E-state index in [2.05, 4.69) is 16.4 Å². The zero-order valence-electron chi connectivity index (χ0n) is 10.3. The number of pyridine rings is 1. The Morgan fingerprint density at radius 1 is 1.06 bits per heavy atom. The molecule has 3 rings (SSSR count). The molecule has 0 unspecified atom stereocenters. The summed E-state index contributed by atoms with van der Waals surface area (Å²) in [5.41, 5.74) is 0. The molecule has 1 aliphatic rings. The highest BCUT2D eigenvalue weighted by molar-refractivity contribution is 6.31. The molecular formula is C15H17ClN2. The molecule has 0 aliphatic heterocycles. The lowest BCUT2D eigenvalue weighted by atomic mass is 9.95. The van der Waals surface area contributed by atoms with Gasteiger partial charge in [0.15, 0.2) is 0 Å². The van der Waals surface area contributed by atoms with E-state index in [4.69, 9.17) is 11.6 Å². The van der Waals surface area contributed by atoms with Crippen molar-refractivity contribution in [1.29, 1.82) is 0 Å². The predicted octanol–water partition coefficient (Wildman–Crippen LogP) is 4.63. The molecule has 1 heterocycles. The first-order valence-electron chi connectivity index (χ1n) is 6.63. The van der Waals surface area contributed by atoms with Gasteiger partial charge in [-0.3, -0.25) is 0 Å². The lowest BCUT2D eigenvalue weighted by Gasteiger charge is -2.23. The summed E-state index contributed by atoms with van der Waals surface area (Å²) in [5, 5.41) is 6.59. The average molecular weight is 261 g/mol. The van der Waals surface area contributed by atoms with E-state index in [1.54, 1.807) is 0 Å². The molecule has 0 radical (unpaired) electrons. The van der Waals surface area contributed by atoms with Gasteiger partial charge in [-0.1, -0.05) is 36.9 Å². The van der Waals surface area contributed by atoms with E-state index in [1.165, 1.54) is 37.5 Å². The van der Waals surface area contributed by atoms with Crippen LogP contribution in [0.3, 0.4) is 0 Å². The zero-order valence-corrected chi connectivity index (χ0v) is 11.1. The number of aromatic nitrogens is 1. The second-order valence-electron chi connectivity index (χ2n) is 5.04. The Labute approximate surface area is 112 Å². The number of hydrogen-bond acceptors (Lipinski definition) is 2. The van der Waals surface area contributed by atoms with Gasteiger partial charge in [-0.25, -0.2) is 4.98 Å². The summed E-state index contributed by atoms with van der Waals surface area (Å²) < 4.78 is 0. The fraction of sp³-hybridized carbons (Fsp3) is 0.400. The molecular weight excluding hydrogens is 244 g/mol. The zero-order chi connectivity index (χ0) is 12.4. The molecule has 3 heteroatoms. The van der Waals surface area contributed by atoms with Crippen molar-refractivity contribution in [3.05, 3.63) is 35.5 Å². The average Bonchev–Trinajstić information content (AvgIpc) is 2.40. The molecule has 0 bridgehead atoms. The van der Waals surface area contributed by atoms with Gasteiger partial charge in [-0.2, -0.15) is 0 Å². The van der Waals surface area contributed by atoms with Gasteiger partial charge in [0.2, 0.25) is 0 Å². The molecule has 18 heavy (non-hydrogen) atoms. The molecule has 2 nitrogen and oxygen atoms in total. The van der Waals surface area contributed by atoms with Crippen molar-refractivity contribution in [2.75, 3.05) is 5.32 Å². The first kappa shape index (κ1) is 11.8. The molecule has 0 atom stereocenters. The summed E-state index contributed by atoms with van der Waals surface area (Å²) in [4.78, 5) is 4.47. The lowest BCUT2D eigenvalue weighted by Crippen LogP contribution is -2.22.